The van der Waals surface area contributed by atoms with Gasteiger partial charge < -0.3 is 0 Å². The van der Waals surface area contributed by atoms with Crippen molar-refractivity contribution in [2.75, 3.05) is 0 Å². The quantitative estimate of drug-likeness (QED) is 0.841. The van der Waals surface area contributed by atoms with Crippen molar-refractivity contribution < 1.29 is 4.79 Å². The number of rotatable bonds is 3. The largest absolute Gasteiger partial charge is 0.294 e. The van der Waals surface area contributed by atoms with Crippen LogP contribution in [0.1, 0.15) is 78.5 Å². The van der Waals surface area contributed by atoms with E-state index in [1.165, 1.54) is 29.7 Å². The number of hydrogen-bond donors (Lipinski definition) is 0. The molecule has 0 radical (unpaired) electrons. The molecule has 1 aromatic heterocycles. The Morgan fingerprint density at radius 3 is 2.77 bits per heavy atom. The van der Waals surface area contributed by atoms with E-state index in [4.69, 9.17) is 0 Å². The van der Waals surface area contributed by atoms with Crippen molar-refractivity contribution in [3.05, 3.63) is 46.8 Å². The summed E-state index contributed by atoms with van der Waals surface area (Å²) in [5.41, 5.74) is 5.85. The fourth-order valence-corrected chi connectivity index (χ4v) is 3.51. The number of fused-ring (bicyclic) bond motifs is 1. The Morgan fingerprint density at radius 2 is 2.05 bits per heavy atom. The summed E-state index contributed by atoms with van der Waals surface area (Å²) in [6, 6.07) is 6.84. The number of ketones is 1. The lowest BCUT2D eigenvalue weighted by atomic mass is 9.95. The second-order valence-corrected chi connectivity index (χ2v) is 6.94. The maximum atomic E-state index is 12.1. The van der Waals surface area contributed by atoms with E-state index in [0.717, 1.165) is 30.0 Å². The molecule has 0 amide bonds. The van der Waals surface area contributed by atoms with E-state index in [-0.39, 0.29) is 5.78 Å². The van der Waals surface area contributed by atoms with Gasteiger partial charge in [0, 0.05) is 6.42 Å². The minimum absolute atomic E-state index is 0.247. The average Bonchev–Trinajstić information content (AvgIpc) is 3.26. The number of carbonyl (C=O) groups is 1. The van der Waals surface area contributed by atoms with Crippen LogP contribution >= 0.6 is 0 Å². The number of aromatic nitrogens is 2. The molecule has 1 heterocycles. The second-order valence-electron chi connectivity index (χ2n) is 6.94. The molecule has 114 valence electrons. The Hall–Kier alpha value is -1.90. The van der Waals surface area contributed by atoms with Crippen LogP contribution in [0.4, 0.5) is 0 Å². The molecule has 2 aliphatic rings. The molecule has 0 aliphatic heterocycles. The highest BCUT2D eigenvalue weighted by molar-refractivity contribution is 5.98. The molecule has 1 fully saturated rings. The molecule has 0 spiro atoms. The van der Waals surface area contributed by atoms with Crippen molar-refractivity contribution >= 4 is 5.78 Å². The fraction of sp³-hybridized carbons (Fsp3) is 0.474. The third-order valence-electron chi connectivity index (χ3n) is 4.94. The van der Waals surface area contributed by atoms with E-state index in [2.05, 4.69) is 37.1 Å². The summed E-state index contributed by atoms with van der Waals surface area (Å²) in [7, 11) is 0. The Morgan fingerprint density at radius 1 is 1.23 bits per heavy atom. The summed E-state index contributed by atoms with van der Waals surface area (Å²) in [6.45, 7) is 4.44. The molecule has 0 N–H and O–H groups in total. The maximum absolute atomic E-state index is 12.1. The Labute approximate surface area is 131 Å². The van der Waals surface area contributed by atoms with Crippen molar-refractivity contribution in [2.24, 2.45) is 0 Å². The monoisotopic (exact) mass is 294 g/mol. The number of hydrogen-bond acceptors (Lipinski definition) is 2. The van der Waals surface area contributed by atoms with Gasteiger partial charge in [-0.1, -0.05) is 26.0 Å². The fourth-order valence-electron chi connectivity index (χ4n) is 3.51. The van der Waals surface area contributed by atoms with E-state index in [1.807, 2.05) is 4.68 Å². The van der Waals surface area contributed by atoms with Crippen molar-refractivity contribution in [1.82, 2.24) is 9.78 Å². The van der Waals surface area contributed by atoms with E-state index < -0.39 is 0 Å². The molecule has 0 bridgehead atoms. The Balaban J connectivity index is 1.87. The highest BCUT2D eigenvalue weighted by Gasteiger charge is 2.27. The lowest BCUT2D eigenvalue weighted by molar-refractivity contribution is 0.0972. The third kappa shape index (κ3) is 2.20. The zero-order valence-corrected chi connectivity index (χ0v) is 13.3. The van der Waals surface area contributed by atoms with Crippen LogP contribution in [0.15, 0.2) is 24.4 Å². The number of carbonyl (C=O) groups excluding carboxylic acids is 1. The van der Waals surface area contributed by atoms with Gasteiger partial charge in [0.15, 0.2) is 5.78 Å². The lowest BCUT2D eigenvalue weighted by Crippen LogP contribution is -2.14. The van der Waals surface area contributed by atoms with E-state index in [9.17, 15) is 4.79 Å². The molecule has 22 heavy (non-hydrogen) atoms. The van der Waals surface area contributed by atoms with Crippen molar-refractivity contribution in [3.63, 3.8) is 0 Å². The first kappa shape index (κ1) is 13.7. The maximum Gasteiger partial charge on any atom is 0.166 e. The molecule has 1 saturated carbocycles. The average molecular weight is 294 g/mol. The summed E-state index contributed by atoms with van der Waals surface area (Å²) in [5.74, 6) is 1.42. The summed E-state index contributed by atoms with van der Waals surface area (Å²) >= 11 is 0. The lowest BCUT2D eigenvalue weighted by Gasteiger charge is -2.18. The number of nitrogens with zero attached hydrogens (tertiary/aromatic N) is 2. The molecular formula is C19H22N2O. The van der Waals surface area contributed by atoms with Crippen LogP contribution in [0.5, 0.6) is 0 Å². The van der Waals surface area contributed by atoms with Gasteiger partial charge in [-0.05, 0) is 54.7 Å². The van der Waals surface area contributed by atoms with Crippen LogP contribution in [-0.4, -0.2) is 15.6 Å². The predicted octanol–water partition coefficient (Wildman–Crippen LogP) is 4.39. The van der Waals surface area contributed by atoms with Crippen LogP contribution in [0.2, 0.25) is 0 Å². The second kappa shape index (κ2) is 5.08. The van der Waals surface area contributed by atoms with Crippen molar-refractivity contribution in [2.45, 2.75) is 57.8 Å². The van der Waals surface area contributed by atoms with Gasteiger partial charge in [-0.25, -0.2) is 4.68 Å². The summed E-state index contributed by atoms with van der Waals surface area (Å²) < 4.78 is 2.04. The van der Waals surface area contributed by atoms with Gasteiger partial charge >= 0.3 is 0 Å². The molecule has 0 atom stereocenters. The number of benzene rings is 1. The minimum atomic E-state index is 0.247. The third-order valence-corrected chi connectivity index (χ3v) is 4.94. The Bertz CT molecular complexity index is 738. The topological polar surface area (TPSA) is 34.9 Å². The predicted molar refractivity (Wildman–Crippen MR) is 86.9 cm³/mol. The Kier molecular flexibility index (Phi) is 3.17. The summed E-state index contributed by atoms with van der Waals surface area (Å²) in [4.78, 5) is 12.1. The molecule has 2 aliphatic carbocycles. The van der Waals surface area contributed by atoms with Crippen LogP contribution in [-0.2, 0) is 6.42 Å². The normalized spacial score (nSPS) is 17.9. The zero-order chi connectivity index (χ0) is 15.3. The molecule has 3 nitrogen and oxygen atoms in total. The van der Waals surface area contributed by atoms with Gasteiger partial charge in [0.1, 0.15) is 0 Å². The number of Topliss-reactive ketones (excluding diaryl/α,β-unsaturated/α-hetero) is 1. The summed E-state index contributed by atoms with van der Waals surface area (Å²) in [5, 5.41) is 4.58. The first-order valence-electron chi connectivity index (χ1n) is 8.39. The van der Waals surface area contributed by atoms with Crippen LogP contribution < -0.4 is 0 Å². The van der Waals surface area contributed by atoms with Gasteiger partial charge in [0.2, 0.25) is 0 Å². The molecule has 1 aromatic carbocycles. The van der Waals surface area contributed by atoms with Gasteiger partial charge in [0.05, 0.1) is 23.1 Å². The van der Waals surface area contributed by atoms with Crippen LogP contribution in [0.25, 0.3) is 5.69 Å². The highest BCUT2D eigenvalue weighted by Crippen LogP contribution is 2.41. The van der Waals surface area contributed by atoms with Gasteiger partial charge in [-0.3, -0.25) is 4.79 Å². The highest BCUT2D eigenvalue weighted by atomic mass is 16.1. The smallest absolute Gasteiger partial charge is 0.166 e. The molecule has 3 heteroatoms. The first-order chi connectivity index (χ1) is 10.6. The van der Waals surface area contributed by atoms with Gasteiger partial charge in [0.25, 0.3) is 0 Å². The summed E-state index contributed by atoms with van der Waals surface area (Å²) in [6.07, 6.45) is 6.93. The van der Waals surface area contributed by atoms with Crippen LogP contribution in [0.3, 0.4) is 0 Å². The molecule has 2 aromatic rings. The SMILES string of the molecule is CC(C)c1ccc(C2CC2)cc1-n1ncc2c1CCCC2=O. The van der Waals surface area contributed by atoms with Crippen molar-refractivity contribution in [1.29, 1.82) is 0 Å². The van der Waals surface area contributed by atoms with E-state index >= 15 is 0 Å². The molecule has 0 saturated heterocycles. The standard InChI is InChI=1S/C19H22N2O/c1-12(2)15-9-8-14(13-6-7-13)10-18(15)21-17-4-3-5-19(22)16(17)11-20-21/h8-13H,3-7H2,1-2H3. The van der Waals surface area contributed by atoms with Crippen LogP contribution in [0, 0.1) is 0 Å². The molecule has 0 unspecified atom stereocenters. The van der Waals surface area contributed by atoms with E-state index in [1.54, 1.807) is 6.20 Å². The minimum Gasteiger partial charge on any atom is -0.294 e. The van der Waals surface area contributed by atoms with E-state index in [0.29, 0.717) is 12.3 Å². The van der Waals surface area contributed by atoms with Crippen molar-refractivity contribution in [3.8, 4) is 5.69 Å². The zero-order valence-electron chi connectivity index (χ0n) is 13.3. The molecule has 4 rings (SSSR count). The first-order valence-corrected chi connectivity index (χ1v) is 8.39. The van der Waals surface area contributed by atoms with Gasteiger partial charge in [-0.2, -0.15) is 5.10 Å². The molecular weight excluding hydrogens is 272 g/mol. The van der Waals surface area contributed by atoms with Gasteiger partial charge in [-0.15, -0.1) is 0 Å².